The molecule has 0 spiro atoms. The Hall–Kier alpha value is -0.970. The van der Waals surface area contributed by atoms with Gasteiger partial charge in [0.05, 0.1) is 12.7 Å². The fourth-order valence-corrected chi connectivity index (χ4v) is 3.64. The van der Waals surface area contributed by atoms with E-state index in [0.717, 1.165) is 5.57 Å². The second kappa shape index (κ2) is 4.52. The Labute approximate surface area is 120 Å². The average molecular weight is 280 g/mol. The maximum absolute atomic E-state index is 12.8. The molecule has 0 aromatic carbocycles. The molecular weight excluding hydrogens is 256 g/mol. The van der Waals surface area contributed by atoms with Gasteiger partial charge in [-0.25, -0.2) is 0 Å². The molecule has 1 unspecified atom stereocenters. The summed E-state index contributed by atoms with van der Waals surface area (Å²) in [5.74, 6) is -0.879. The van der Waals surface area contributed by atoms with Crippen molar-refractivity contribution in [2.24, 2.45) is 5.41 Å². The molecule has 4 heteroatoms. The second-order valence-electron chi connectivity index (χ2n) is 6.34. The molecule has 2 aliphatic rings. The van der Waals surface area contributed by atoms with Crippen LogP contribution in [-0.4, -0.2) is 35.0 Å². The Morgan fingerprint density at radius 1 is 1.45 bits per heavy atom. The van der Waals surface area contributed by atoms with Crippen molar-refractivity contribution in [2.75, 3.05) is 6.61 Å². The number of Topliss-reactive ketones (excluding diaryl/α,β-unsaturated/α-hetero) is 1. The predicted molar refractivity (Wildman–Crippen MR) is 76.2 cm³/mol. The van der Waals surface area contributed by atoms with Gasteiger partial charge in [-0.05, 0) is 52.2 Å². The molecule has 0 aromatic rings. The first-order valence-corrected chi connectivity index (χ1v) is 7.00. The van der Waals surface area contributed by atoms with Crippen LogP contribution in [-0.2, 0) is 14.3 Å². The van der Waals surface area contributed by atoms with E-state index in [1.807, 2.05) is 20.8 Å². The number of ether oxygens (including phenoxy) is 2. The summed E-state index contributed by atoms with van der Waals surface area (Å²) in [6.45, 7) is 12.9. The van der Waals surface area contributed by atoms with Crippen LogP contribution >= 0.6 is 0 Å². The third kappa shape index (κ3) is 1.68. The summed E-state index contributed by atoms with van der Waals surface area (Å²) in [6.07, 6.45) is 1.35. The molecule has 1 aliphatic carbocycles. The Bertz CT molecular complexity index is 489. The largest absolute Gasteiger partial charge is 0.392 e. The Kier molecular flexibility index (Phi) is 3.48. The molecule has 2 rings (SSSR count). The SMILES string of the molecule is C=CC[C@@]12OC(C)(C)OC[C@]1(C(C)O)C(=O)C(C)=C2C. The number of carbonyl (C=O) groups is 1. The van der Waals surface area contributed by atoms with Gasteiger partial charge in [0.1, 0.15) is 11.0 Å². The van der Waals surface area contributed by atoms with Crippen LogP contribution < -0.4 is 0 Å². The lowest BCUT2D eigenvalue weighted by Gasteiger charge is -2.54. The molecule has 112 valence electrons. The Morgan fingerprint density at radius 3 is 2.55 bits per heavy atom. The fraction of sp³-hybridized carbons (Fsp3) is 0.688. The molecule has 0 radical (unpaired) electrons. The van der Waals surface area contributed by atoms with Crippen molar-refractivity contribution in [3.05, 3.63) is 23.8 Å². The number of rotatable bonds is 3. The minimum Gasteiger partial charge on any atom is -0.392 e. The molecule has 1 N–H and O–H groups in total. The van der Waals surface area contributed by atoms with Gasteiger partial charge in [-0.1, -0.05) is 6.08 Å². The van der Waals surface area contributed by atoms with Crippen LogP contribution in [0.1, 0.15) is 41.0 Å². The molecule has 1 aliphatic heterocycles. The fourth-order valence-electron chi connectivity index (χ4n) is 3.64. The van der Waals surface area contributed by atoms with E-state index in [2.05, 4.69) is 6.58 Å². The molecule has 1 heterocycles. The molecule has 0 bridgehead atoms. The van der Waals surface area contributed by atoms with E-state index in [0.29, 0.717) is 12.0 Å². The van der Waals surface area contributed by atoms with E-state index in [1.54, 1.807) is 19.9 Å². The summed E-state index contributed by atoms with van der Waals surface area (Å²) in [4.78, 5) is 12.8. The minimum atomic E-state index is -1.08. The van der Waals surface area contributed by atoms with Crippen LogP contribution in [0, 0.1) is 5.41 Å². The lowest BCUT2D eigenvalue weighted by atomic mass is 9.65. The maximum atomic E-state index is 12.8. The summed E-state index contributed by atoms with van der Waals surface area (Å²) in [5.41, 5.74) is -0.412. The molecule has 1 saturated heterocycles. The average Bonchev–Trinajstić information content (AvgIpc) is 2.49. The van der Waals surface area contributed by atoms with E-state index in [-0.39, 0.29) is 12.4 Å². The van der Waals surface area contributed by atoms with Crippen molar-refractivity contribution in [1.82, 2.24) is 0 Å². The Balaban J connectivity index is 2.70. The summed E-state index contributed by atoms with van der Waals surface area (Å²) in [6, 6.07) is 0. The second-order valence-corrected chi connectivity index (χ2v) is 6.34. The van der Waals surface area contributed by atoms with Gasteiger partial charge in [0, 0.05) is 0 Å². The number of aliphatic hydroxyl groups excluding tert-OH is 1. The van der Waals surface area contributed by atoms with Gasteiger partial charge in [-0.2, -0.15) is 0 Å². The first-order chi connectivity index (χ1) is 9.14. The zero-order valence-electron chi connectivity index (χ0n) is 12.9. The van der Waals surface area contributed by atoms with Crippen LogP contribution in [0.5, 0.6) is 0 Å². The van der Waals surface area contributed by atoms with Crippen LogP contribution in [0.3, 0.4) is 0 Å². The van der Waals surface area contributed by atoms with Gasteiger partial charge in [0.15, 0.2) is 11.6 Å². The van der Waals surface area contributed by atoms with Gasteiger partial charge in [-0.3, -0.25) is 4.79 Å². The van der Waals surface area contributed by atoms with Gasteiger partial charge >= 0.3 is 0 Å². The van der Waals surface area contributed by atoms with Crippen molar-refractivity contribution < 1.29 is 19.4 Å². The van der Waals surface area contributed by atoms with Crippen LogP contribution in [0.4, 0.5) is 0 Å². The number of carbonyl (C=O) groups excluding carboxylic acids is 1. The van der Waals surface area contributed by atoms with Crippen molar-refractivity contribution in [1.29, 1.82) is 0 Å². The molecule has 0 saturated carbocycles. The highest BCUT2D eigenvalue weighted by atomic mass is 16.7. The first-order valence-electron chi connectivity index (χ1n) is 7.00. The lowest BCUT2D eigenvalue weighted by molar-refractivity contribution is -0.346. The van der Waals surface area contributed by atoms with Crippen LogP contribution in [0.25, 0.3) is 0 Å². The van der Waals surface area contributed by atoms with Crippen molar-refractivity contribution >= 4 is 5.78 Å². The van der Waals surface area contributed by atoms with Gasteiger partial charge in [0.25, 0.3) is 0 Å². The molecule has 1 fully saturated rings. The van der Waals surface area contributed by atoms with E-state index in [1.165, 1.54) is 0 Å². The van der Waals surface area contributed by atoms with Gasteiger partial charge in [-0.15, -0.1) is 6.58 Å². The molecular formula is C16H24O4. The summed E-state index contributed by atoms with van der Waals surface area (Å²) < 4.78 is 11.9. The molecule has 0 aromatic heterocycles. The quantitative estimate of drug-likeness (QED) is 0.806. The topological polar surface area (TPSA) is 55.8 Å². The van der Waals surface area contributed by atoms with Gasteiger partial charge < -0.3 is 14.6 Å². The molecule has 20 heavy (non-hydrogen) atoms. The third-order valence-corrected chi connectivity index (χ3v) is 4.85. The lowest BCUT2D eigenvalue weighted by Crippen LogP contribution is -2.66. The normalized spacial score (nSPS) is 37.8. The van der Waals surface area contributed by atoms with E-state index in [4.69, 9.17) is 9.47 Å². The number of hydrogen-bond acceptors (Lipinski definition) is 4. The van der Waals surface area contributed by atoms with E-state index >= 15 is 0 Å². The number of allylic oxidation sites excluding steroid dienone is 1. The smallest absolute Gasteiger partial charge is 0.172 e. The summed E-state index contributed by atoms with van der Waals surface area (Å²) >= 11 is 0. The van der Waals surface area contributed by atoms with Crippen LogP contribution in [0.15, 0.2) is 23.8 Å². The highest BCUT2D eigenvalue weighted by molar-refractivity contribution is 6.05. The minimum absolute atomic E-state index is 0.0812. The molecule has 0 amide bonds. The Morgan fingerprint density at radius 2 is 2.05 bits per heavy atom. The number of aliphatic hydroxyl groups is 1. The highest BCUT2D eigenvalue weighted by Gasteiger charge is 2.69. The van der Waals surface area contributed by atoms with E-state index in [9.17, 15) is 9.90 Å². The predicted octanol–water partition coefficient (Wildman–Crippen LogP) is 2.37. The highest BCUT2D eigenvalue weighted by Crippen LogP contribution is 2.57. The van der Waals surface area contributed by atoms with E-state index < -0.39 is 22.9 Å². The van der Waals surface area contributed by atoms with Crippen molar-refractivity contribution in [3.63, 3.8) is 0 Å². The first kappa shape index (κ1) is 15.4. The standard InChI is InChI=1S/C16H24O4/c1-7-8-16-11(3)10(2)13(18)15(16,12(4)17)9-19-14(5,6)20-16/h7,12,17H,1,8-9H2,2-6H3/t12?,15-,16-/m0/s1. The third-order valence-electron chi connectivity index (χ3n) is 4.85. The zero-order chi connectivity index (χ0) is 15.3. The zero-order valence-corrected chi connectivity index (χ0v) is 12.9. The monoisotopic (exact) mass is 280 g/mol. The molecule has 3 atom stereocenters. The maximum Gasteiger partial charge on any atom is 0.172 e. The summed E-state index contributed by atoms with van der Waals surface area (Å²) in [5, 5.41) is 10.4. The number of fused-ring (bicyclic) bond motifs is 1. The van der Waals surface area contributed by atoms with Crippen LogP contribution in [0.2, 0.25) is 0 Å². The number of hydrogen-bond donors (Lipinski definition) is 1. The molecule has 4 nitrogen and oxygen atoms in total. The van der Waals surface area contributed by atoms with Crippen molar-refractivity contribution in [2.45, 2.75) is 58.5 Å². The van der Waals surface area contributed by atoms with Crippen molar-refractivity contribution in [3.8, 4) is 0 Å². The summed E-state index contributed by atoms with van der Waals surface area (Å²) in [7, 11) is 0. The van der Waals surface area contributed by atoms with Gasteiger partial charge in [0.2, 0.25) is 0 Å². The number of ketones is 1.